The minimum Gasteiger partial charge on any atom is -0.496 e. The van der Waals surface area contributed by atoms with E-state index >= 15 is 0 Å². The SMILES string of the molecule is COc1cc(OC)c(OC)cc1CNC(=O)c1ccc2c(c1)CCCN2S(C)(=O)=O. The van der Waals surface area contributed by atoms with Crippen molar-refractivity contribution in [2.75, 3.05) is 38.4 Å². The van der Waals surface area contributed by atoms with Crippen LogP contribution in [0.4, 0.5) is 5.69 Å². The Morgan fingerprint density at radius 2 is 1.70 bits per heavy atom. The van der Waals surface area contributed by atoms with Crippen LogP contribution in [-0.4, -0.2) is 48.5 Å². The van der Waals surface area contributed by atoms with Gasteiger partial charge in [-0.05, 0) is 42.7 Å². The number of benzene rings is 2. The molecule has 0 saturated heterocycles. The predicted molar refractivity (Wildman–Crippen MR) is 114 cm³/mol. The molecule has 0 atom stereocenters. The van der Waals surface area contributed by atoms with Crippen molar-refractivity contribution in [2.45, 2.75) is 19.4 Å². The highest BCUT2D eigenvalue weighted by atomic mass is 32.2. The zero-order valence-electron chi connectivity index (χ0n) is 17.5. The predicted octanol–water partition coefficient (Wildman–Crippen LogP) is 2.35. The van der Waals surface area contributed by atoms with Gasteiger partial charge in [0.15, 0.2) is 11.5 Å². The Balaban J connectivity index is 1.79. The van der Waals surface area contributed by atoms with Gasteiger partial charge in [-0.1, -0.05) is 0 Å². The molecule has 1 heterocycles. The highest BCUT2D eigenvalue weighted by Gasteiger charge is 2.24. The van der Waals surface area contributed by atoms with E-state index in [0.29, 0.717) is 41.5 Å². The van der Waals surface area contributed by atoms with Crippen LogP contribution in [0.5, 0.6) is 17.2 Å². The fraction of sp³-hybridized carbons (Fsp3) is 0.381. The highest BCUT2D eigenvalue weighted by Crippen LogP contribution is 2.34. The molecule has 1 amide bonds. The van der Waals surface area contributed by atoms with Crippen LogP contribution >= 0.6 is 0 Å². The van der Waals surface area contributed by atoms with E-state index in [1.807, 2.05) is 0 Å². The molecule has 0 fully saturated rings. The Kier molecular flexibility index (Phi) is 6.40. The summed E-state index contributed by atoms with van der Waals surface area (Å²) in [7, 11) is 1.29. The van der Waals surface area contributed by atoms with Gasteiger partial charge in [0.2, 0.25) is 10.0 Å². The molecule has 2 aromatic rings. The molecule has 0 spiro atoms. The van der Waals surface area contributed by atoms with Crippen molar-refractivity contribution >= 4 is 21.6 Å². The average Bonchev–Trinajstić information content (AvgIpc) is 2.75. The van der Waals surface area contributed by atoms with Crippen molar-refractivity contribution < 1.29 is 27.4 Å². The van der Waals surface area contributed by atoms with Crippen LogP contribution in [0, 0.1) is 0 Å². The normalized spacial score (nSPS) is 13.4. The van der Waals surface area contributed by atoms with Crippen molar-refractivity contribution in [3.63, 3.8) is 0 Å². The molecular formula is C21H26N2O6S. The second-order valence-corrected chi connectivity index (χ2v) is 8.89. The van der Waals surface area contributed by atoms with Crippen molar-refractivity contribution in [3.05, 3.63) is 47.0 Å². The summed E-state index contributed by atoms with van der Waals surface area (Å²) in [5, 5.41) is 2.88. The number of amides is 1. The van der Waals surface area contributed by atoms with Crippen molar-refractivity contribution in [1.29, 1.82) is 0 Å². The summed E-state index contributed by atoms with van der Waals surface area (Å²) >= 11 is 0. The van der Waals surface area contributed by atoms with Crippen molar-refractivity contribution in [2.24, 2.45) is 0 Å². The minimum absolute atomic E-state index is 0.231. The van der Waals surface area contributed by atoms with Crippen LogP contribution in [0.1, 0.15) is 27.9 Å². The van der Waals surface area contributed by atoms with E-state index in [4.69, 9.17) is 14.2 Å². The Morgan fingerprint density at radius 1 is 1.03 bits per heavy atom. The third-order valence-corrected chi connectivity index (χ3v) is 6.22. The number of ether oxygens (including phenoxy) is 3. The van der Waals surface area contributed by atoms with Gasteiger partial charge in [-0.2, -0.15) is 0 Å². The lowest BCUT2D eigenvalue weighted by molar-refractivity contribution is 0.0950. The Bertz CT molecular complexity index is 1050. The van der Waals surface area contributed by atoms with Crippen LogP contribution in [0.3, 0.4) is 0 Å². The van der Waals surface area contributed by atoms with E-state index in [-0.39, 0.29) is 12.5 Å². The molecule has 162 valence electrons. The second-order valence-electron chi connectivity index (χ2n) is 6.98. The van der Waals surface area contributed by atoms with E-state index in [1.165, 1.54) is 10.6 Å². The maximum absolute atomic E-state index is 12.7. The maximum Gasteiger partial charge on any atom is 0.251 e. The molecule has 0 aliphatic carbocycles. The molecule has 0 aromatic heterocycles. The standard InChI is InChI=1S/C21H26N2O6S/c1-27-18-12-20(29-3)19(28-2)11-16(18)13-22-21(24)15-7-8-17-14(10-15)6-5-9-23(17)30(4,25)26/h7-8,10-12H,5-6,9,13H2,1-4H3,(H,22,24). The van der Waals surface area contributed by atoms with Crippen molar-refractivity contribution in [3.8, 4) is 17.2 Å². The summed E-state index contributed by atoms with van der Waals surface area (Å²) in [5.41, 5.74) is 2.71. The summed E-state index contributed by atoms with van der Waals surface area (Å²) < 4.78 is 41.4. The lowest BCUT2D eigenvalue weighted by Crippen LogP contribution is -2.34. The summed E-state index contributed by atoms with van der Waals surface area (Å²) in [6.07, 6.45) is 2.64. The van der Waals surface area contributed by atoms with Crippen LogP contribution in [-0.2, 0) is 23.0 Å². The van der Waals surface area contributed by atoms with Crippen LogP contribution in [0.15, 0.2) is 30.3 Å². The minimum atomic E-state index is -3.34. The lowest BCUT2D eigenvalue weighted by atomic mass is 10.0. The molecule has 9 heteroatoms. The number of sulfonamides is 1. The first-order valence-electron chi connectivity index (χ1n) is 9.46. The van der Waals surface area contributed by atoms with Gasteiger partial charge in [0.25, 0.3) is 5.91 Å². The number of nitrogens with one attached hydrogen (secondary N) is 1. The molecule has 1 N–H and O–H groups in total. The topological polar surface area (TPSA) is 94.2 Å². The average molecular weight is 435 g/mol. The molecular weight excluding hydrogens is 408 g/mol. The van der Waals surface area contributed by atoms with Gasteiger partial charge in [-0.3, -0.25) is 9.10 Å². The number of anilines is 1. The Labute approximate surface area is 176 Å². The van der Waals surface area contributed by atoms with Crippen LogP contribution in [0.25, 0.3) is 0 Å². The first-order chi connectivity index (χ1) is 14.3. The number of carbonyl (C=O) groups excluding carboxylic acids is 1. The monoisotopic (exact) mass is 434 g/mol. The lowest BCUT2D eigenvalue weighted by Gasteiger charge is -2.29. The van der Waals surface area contributed by atoms with Gasteiger partial charge >= 0.3 is 0 Å². The van der Waals surface area contributed by atoms with E-state index in [2.05, 4.69) is 5.32 Å². The quantitative estimate of drug-likeness (QED) is 0.719. The zero-order valence-corrected chi connectivity index (χ0v) is 18.3. The Morgan fingerprint density at radius 3 is 2.33 bits per heavy atom. The van der Waals surface area contributed by atoms with E-state index in [0.717, 1.165) is 17.5 Å². The van der Waals surface area contributed by atoms with Gasteiger partial charge < -0.3 is 19.5 Å². The van der Waals surface area contributed by atoms with Gasteiger partial charge in [0.1, 0.15) is 5.75 Å². The number of hydrogen-bond donors (Lipinski definition) is 1. The third-order valence-electron chi connectivity index (χ3n) is 5.04. The van der Waals surface area contributed by atoms with Crippen LogP contribution < -0.4 is 23.8 Å². The first-order valence-corrected chi connectivity index (χ1v) is 11.3. The molecule has 0 unspecified atom stereocenters. The number of nitrogens with zero attached hydrogens (tertiary/aromatic N) is 1. The number of carbonyl (C=O) groups is 1. The summed E-state index contributed by atoms with van der Waals surface area (Å²) in [5.74, 6) is 1.39. The number of aryl methyl sites for hydroxylation is 1. The first kappa shape index (κ1) is 21.8. The maximum atomic E-state index is 12.7. The third kappa shape index (κ3) is 4.46. The van der Waals surface area contributed by atoms with Crippen molar-refractivity contribution in [1.82, 2.24) is 5.32 Å². The van der Waals surface area contributed by atoms with E-state index in [9.17, 15) is 13.2 Å². The number of fused-ring (bicyclic) bond motifs is 1. The van der Waals surface area contributed by atoms with Gasteiger partial charge in [0.05, 0.1) is 33.3 Å². The number of hydrogen-bond acceptors (Lipinski definition) is 6. The molecule has 0 radical (unpaired) electrons. The number of rotatable bonds is 7. The smallest absolute Gasteiger partial charge is 0.251 e. The fourth-order valence-corrected chi connectivity index (χ4v) is 4.55. The molecule has 2 aromatic carbocycles. The van der Waals surface area contributed by atoms with E-state index < -0.39 is 10.0 Å². The molecule has 1 aliphatic rings. The fourth-order valence-electron chi connectivity index (χ4n) is 3.56. The van der Waals surface area contributed by atoms with E-state index in [1.54, 1.807) is 51.7 Å². The molecule has 1 aliphatic heterocycles. The van der Waals surface area contributed by atoms with Gasteiger partial charge in [0, 0.05) is 30.3 Å². The molecule has 8 nitrogen and oxygen atoms in total. The molecule has 0 saturated carbocycles. The Hall–Kier alpha value is -2.94. The molecule has 3 rings (SSSR count). The highest BCUT2D eigenvalue weighted by molar-refractivity contribution is 7.92. The molecule has 30 heavy (non-hydrogen) atoms. The second kappa shape index (κ2) is 8.83. The summed E-state index contributed by atoms with van der Waals surface area (Å²) in [4.78, 5) is 12.7. The van der Waals surface area contributed by atoms with Gasteiger partial charge in [-0.25, -0.2) is 8.42 Å². The largest absolute Gasteiger partial charge is 0.496 e. The zero-order chi connectivity index (χ0) is 21.9. The van der Waals surface area contributed by atoms with Gasteiger partial charge in [-0.15, -0.1) is 0 Å². The number of methoxy groups -OCH3 is 3. The summed E-state index contributed by atoms with van der Waals surface area (Å²) in [6.45, 7) is 0.686. The molecule has 0 bridgehead atoms. The summed E-state index contributed by atoms with van der Waals surface area (Å²) in [6, 6.07) is 8.56. The van der Waals surface area contributed by atoms with Crippen LogP contribution in [0.2, 0.25) is 0 Å².